The summed E-state index contributed by atoms with van der Waals surface area (Å²) >= 11 is 0. The third-order valence-corrected chi connectivity index (χ3v) is 4.50. The van der Waals surface area contributed by atoms with Crippen molar-refractivity contribution in [3.63, 3.8) is 0 Å². The summed E-state index contributed by atoms with van der Waals surface area (Å²) in [6, 6.07) is 1.90. The first kappa shape index (κ1) is 15.6. The largest absolute Gasteiger partial charge is 0.478 e. The molecule has 0 aliphatic rings. The van der Waals surface area contributed by atoms with Gasteiger partial charge in [0.25, 0.3) is 0 Å². The predicted octanol–water partition coefficient (Wildman–Crippen LogP) is 0.661. The second-order valence-corrected chi connectivity index (χ2v) is 6.11. The maximum atomic E-state index is 12.1. The fraction of sp³-hybridized carbons (Fsp3) is 0.417. The minimum Gasteiger partial charge on any atom is -0.478 e. The third-order valence-electron chi connectivity index (χ3n) is 2.79. The van der Waals surface area contributed by atoms with E-state index in [1.54, 1.807) is 13.8 Å². The van der Waals surface area contributed by atoms with Crippen molar-refractivity contribution in [1.29, 1.82) is 0 Å². The maximum absolute atomic E-state index is 12.1. The molecular weight excluding hydrogens is 270 g/mol. The average Bonchev–Trinajstić information content (AvgIpc) is 2.31. The Morgan fingerprint density at radius 3 is 2.42 bits per heavy atom. The van der Waals surface area contributed by atoms with Gasteiger partial charge in [-0.2, -0.15) is 0 Å². The van der Waals surface area contributed by atoms with Gasteiger partial charge in [0.1, 0.15) is 0 Å². The Morgan fingerprint density at radius 2 is 1.95 bits per heavy atom. The van der Waals surface area contributed by atoms with Gasteiger partial charge in [-0.05, 0) is 44.0 Å². The molecular formula is C12H17NO5S. The molecule has 1 aromatic carbocycles. The topological polar surface area (TPSA) is 104 Å². The Hall–Kier alpha value is -1.44. The van der Waals surface area contributed by atoms with Crippen LogP contribution in [-0.2, 0) is 10.0 Å². The number of hydrogen-bond donors (Lipinski definition) is 3. The fourth-order valence-electron chi connectivity index (χ4n) is 1.60. The molecule has 19 heavy (non-hydrogen) atoms. The van der Waals surface area contributed by atoms with Gasteiger partial charge in [0.05, 0.1) is 17.1 Å². The number of carbonyl (C=O) groups is 1. The van der Waals surface area contributed by atoms with Crippen LogP contribution < -0.4 is 4.72 Å². The van der Waals surface area contributed by atoms with Gasteiger partial charge in [-0.15, -0.1) is 0 Å². The lowest BCUT2D eigenvalue weighted by Crippen LogP contribution is -2.35. The number of benzene rings is 1. The molecule has 0 fully saturated rings. The first-order valence-electron chi connectivity index (χ1n) is 5.66. The van der Waals surface area contributed by atoms with Gasteiger partial charge in [0.2, 0.25) is 10.0 Å². The molecule has 0 spiro atoms. The Balaban J connectivity index is 3.37. The van der Waals surface area contributed by atoms with Gasteiger partial charge in [-0.25, -0.2) is 17.9 Å². The molecule has 1 aromatic rings. The van der Waals surface area contributed by atoms with E-state index in [2.05, 4.69) is 4.72 Å². The first-order chi connectivity index (χ1) is 8.69. The van der Waals surface area contributed by atoms with Gasteiger partial charge in [0, 0.05) is 6.04 Å². The number of hydrogen-bond acceptors (Lipinski definition) is 4. The molecule has 7 heteroatoms. The highest BCUT2D eigenvalue weighted by Gasteiger charge is 2.22. The van der Waals surface area contributed by atoms with E-state index in [9.17, 15) is 13.2 Å². The smallest absolute Gasteiger partial charge is 0.335 e. The van der Waals surface area contributed by atoms with Gasteiger partial charge >= 0.3 is 5.97 Å². The zero-order valence-electron chi connectivity index (χ0n) is 11.0. The molecule has 0 unspecified atom stereocenters. The lowest BCUT2D eigenvalue weighted by molar-refractivity contribution is 0.0696. The third kappa shape index (κ3) is 3.52. The number of aryl methyl sites for hydroxylation is 1. The Bertz CT molecular complexity index is 594. The molecule has 6 nitrogen and oxygen atoms in total. The van der Waals surface area contributed by atoms with Crippen LogP contribution >= 0.6 is 0 Å². The summed E-state index contributed by atoms with van der Waals surface area (Å²) in [5.41, 5.74) is 0.986. The summed E-state index contributed by atoms with van der Waals surface area (Å²) in [4.78, 5) is 10.9. The number of sulfonamides is 1. The number of aliphatic hydroxyl groups excluding tert-OH is 1. The highest BCUT2D eigenvalue weighted by Crippen LogP contribution is 2.21. The Kier molecular flexibility index (Phi) is 4.67. The van der Waals surface area contributed by atoms with Crippen molar-refractivity contribution in [2.45, 2.75) is 31.7 Å². The van der Waals surface area contributed by atoms with Crippen LogP contribution in [-0.4, -0.2) is 37.2 Å². The summed E-state index contributed by atoms with van der Waals surface area (Å²) < 4.78 is 26.6. The van der Waals surface area contributed by atoms with Crippen LogP contribution in [0, 0.1) is 13.8 Å². The van der Waals surface area contributed by atoms with E-state index < -0.39 is 22.0 Å². The molecule has 1 atom stereocenters. The number of nitrogens with one attached hydrogen (secondary N) is 1. The minimum atomic E-state index is -3.85. The van der Waals surface area contributed by atoms with Crippen LogP contribution in [0.15, 0.2) is 17.0 Å². The second kappa shape index (κ2) is 5.68. The van der Waals surface area contributed by atoms with Crippen molar-refractivity contribution in [2.75, 3.05) is 6.61 Å². The van der Waals surface area contributed by atoms with E-state index in [1.807, 2.05) is 0 Å². The molecule has 0 aromatic heterocycles. The zero-order chi connectivity index (χ0) is 14.8. The van der Waals surface area contributed by atoms with Crippen LogP contribution in [0.5, 0.6) is 0 Å². The van der Waals surface area contributed by atoms with E-state index in [0.717, 1.165) is 6.07 Å². The van der Waals surface area contributed by atoms with Gasteiger partial charge in [-0.1, -0.05) is 0 Å². The monoisotopic (exact) mass is 287 g/mol. The van der Waals surface area contributed by atoms with E-state index in [-0.39, 0.29) is 17.1 Å². The lowest BCUT2D eigenvalue weighted by Gasteiger charge is -2.15. The van der Waals surface area contributed by atoms with E-state index in [0.29, 0.717) is 11.1 Å². The molecule has 0 amide bonds. The van der Waals surface area contributed by atoms with Crippen LogP contribution in [0.2, 0.25) is 0 Å². The summed E-state index contributed by atoms with van der Waals surface area (Å²) in [5.74, 6) is -1.19. The second-order valence-electron chi connectivity index (χ2n) is 4.43. The molecule has 0 aliphatic heterocycles. The molecule has 0 aliphatic carbocycles. The molecule has 0 radical (unpaired) electrons. The molecule has 0 heterocycles. The molecule has 0 bridgehead atoms. The number of aliphatic hydroxyl groups is 1. The summed E-state index contributed by atoms with van der Waals surface area (Å²) in [6.45, 7) is 4.44. The van der Waals surface area contributed by atoms with Crippen molar-refractivity contribution in [1.82, 2.24) is 4.72 Å². The first-order valence-corrected chi connectivity index (χ1v) is 7.15. The maximum Gasteiger partial charge on any atom is 0.335 e. The number of carboxylic acids is 1. The summed E-state index contributed by atoms with van der Waals surface area (Å²) in [5, 5.41) is 17.9. The predicted molar refractivity (Wildman–Crippen MR) is 69.7 cm³/mol. The van der Waals surface area contributed by atoms with Crippen molar-refractivity contribution >= 4 is 16.0 Å². The van der Waals surface area contributed by atoms with Crippen LogP contribution in [0.1, 0.15) is 28.4 Å². The van der Waals surface area contributed by atoms with E-state index in [4.69, 9.17) is 10.2 Å². The molecule has 1 rings (SSSR count). The lowest BCUT2D eigenvalue weighted by atomic mass is 10.1. The SMILES string of the molecule is Cc1cc(C(=O)O)cc(S(=O)(=O)N[C@H](C)CO)c1C. The average molecular weight is 287 g/mol. The highest BCUT2D eigenvalue weighted by atomic mass is 32.2. The molecule has 106 valence electrons. The number of rotatable bonds is 5. The van der Waals surface area contributed by atoms with Gasteiger partial charge in [-0.3, -0.25) is 0 Å². The summed E-state index contributed by atoms with van der Waals surface area (Å²) in [6.07, 6.45) is 0. The zero-order valence-corrected chi connectivity index (χ0v) is 11.8. The van der Waals surface area contributed by atoms with Crippen LogP contribution in [0.3, 0.4) is 0 Å². The van der Waals surface area contributed by atoms with Crippen molar-refractivity contribution < 1.29 is 23.4 Å². The molecule has 0 saturated carbocycles. The van der Waals surface area contributed by atoms with Crippen LogP contribution in [0.4, 0.5) is 0 Å². The standard InChI is InChI=1S/C12H17NO5S/c1-7-4-10(12(15)16)5-11(9(7)3)19(17,18)13-8(2)6-14/h4-5,8,13-14H,6H2,1-3H3,(H,15,16)/t8-/m1/s1. The van der Waals surface area contributed by atoms with Gasteiger partial charge in [0.15, 0.2) is 0 Å². The molecule has 3 N–H and O–H groups in total. The summed E-state index contributed by atoms with van der Waals surface area (Å²) in [7, 11) is -3.85. The van der Waals surface area contributed by atoms with Gasteiger partial charge < -0.3 is 10.2 Å². The normalized spacial score (nSPS) is 13.3. The number of carboxylic acid groups (broad SMARTS) is 1. The minimum absolute atomic E-state index is 0.0785. The van der Waals surface area contributed by atoms with E-state index >= 15 is 0 Å². The van der Waals surface area contributed by atoms with Crippen molar-refractivity contribution in [3.05, 3.63) is 28.8 Å². The number of aromatic carboxylic acids is 1. The van der Waals surface area contributed by atoms with Crippen molar-refractivity contribution in [2.24, 2.45) is 0 Å². The fourth-order valence-corrected chi connectivity index (χ4v) is 3.17. The molecule has 0 saturated heterocycles. The quantitative estimate of drug-likeness (QED) is 0.738. The van der Waals surface area contributed by atoms with Crippen LogP contribution in [0.25, 0.3) is 0 Å². The Morgan fingerprint density at radius 1 is 1.37 bits per heavy atom. The highest BCUT2D eigenvalue weighted by molar-refractivity contribution is 7.89. The Labute approximate surface area is 112 Å². The van der Waals surface area contributed by atoms with Crippen molar-refractivity contribution in [3.8, 4) is 0 Å². The van der Waals surface area contributed by atoms with E-state index in [1.165, 1.54) is 13.0 Å².